The fourth-order valence-electron chi connectivity index (χ4n) is 2.40. The molecule has 0 radical (unpaired) electrons. The summed E-state index contributed by atoms with van der Waals surface area (Å²) >= 11 is 0. The molecule has 0 aromatic heterocycles. The molecule has 0 heterocycles. The van der Waals surface area contributed by atoms with Crippen molar-refractivity contribution in [1.82, 2.24) is 5.32 Å². The van der Waals surface area contributed by atoms with Crippen LogP contribution in [0.4, 0.5) is 0 Å². The van der Waals surface area contributed by atoms with E-state index in [1.807, 2.05) is 6.07 Å². The molecule has 1 aromatic carbocycles. The molecule has 1 rings (SSSR count). The van der Waals surface area contributed by atoms with Gasteiger partial charge in [0, 0.05) is 6.54 Å². The van der Waals surface area contributed by atoms with Gasteiger partial charge in [0.15, 0.2) is 0 Å². The van der Waals surface area contributed by atoms with Crippen molar-refractivity contribution in [3.8, 4) is 5.75 Å². The maximum atomic E-state index is 5.49. The van der Waals surface area contributed by atoms with Crippen molar-refractivity contribution in [1.29, 1.82) is 0 Å². The summed E-state index contributed by atoms with van der Waals surface area (Å²) in [6.45, 7) is 13.6. The van der Waals surface area contributed by atoms with Gasteiger partial charge in [0.1, 0.15) is 5.75 Å². The fourth-order valence-corrected chi connectivity index (χ4v) is 2.40. The first-order valence-corrected chi connectivity index (χ1v) is 7.71. The van der Waals surface area contributed by atoms with Crippen molar-refractivity contribution in [3.05, 3.63) is 29.8 Å². The van der Waals surface area contributed by atoms with Gasteiger partial charge >= 0.3 is 0 Å². The third-order valence-electron chi connectivity index (χ3n) is 4.26. The van der Waals surface area contributed by atoms with E-state index in [1.54, 1.807) is 7.11 Å². The maximum absolute atomic E-state index is 5.49. The average Bonchev–Trinajstić information content (AvgIpc) is 2.38. The highest BCUT2D eigenvalue weighted by Crippen LogP contribution is 2.33. The number of nitrogens with one attached hydrogen (secondary N) is 1. The predicted molar refractivity (Wildman–Crippen MR) is 87.4 cm³/mol. The van der Waals surface area contributed by atoms with Crippen LogP contribution >= 0.6 is 0 Å². The summed E-state index contributed by atoms with van der Waals surface area (Å²) in [7, 11) is 1.75. The summed E-state index contributed by atoms with van der Waals surface area (Å²) < 4.78 is 5.49. The lowest BCUT2D eigenvalue weighted by Crippen LogP contribution is -2.39. The second-order valence-electron chi connectivity index (χ2n) is 6.82. The normalized spacial score (nSPS) is 14.6. The second kappa shape index (κ2) is 7.68. The van der Waals surface area contributed by atoms with Crippen molar-refractivity contribution < 1.29 is 4.74 Å². The maximum Gasteiger partial charge on any atom is 0.122 e. The van der Waals surface area contributed by atoms with E-state index in [-0.39, 0.29) is 5.41 Å². The Morgan fingerprint density at radius 2 is 1.80 bits per heavy atom. The van der Waals surface area contributed by atoms with Crippen LogP contribution in [-0.4, -0.2) is 20.2 Å². The zero-order valence-electron chi connectivity index (χ0n) is 14.0. The van der Waals surface area contributed by atoms with Crippen molar-refractivity contribution in [2.45, 2.75) is 41.0 Å². The van der Waals surface area contributed by atoms with Crippen LogP contribution in [0.15, 0.2) is 24.3 Å². The molecular weight excluding hydrogens is 246 g/mol. The molecule has 0 amide bonds. The third kappa shape index (κ3) is 4.82. The molecular formula is C18H31NO. The van der Waals surface area contributed by atoms with E-state index in [1.165, 1.54) is 5.56 Å². The molecule has 0 aliphatic rings. The summed E-state index contributed by atoms with van der Waals surface area (Å²) in [5.41, 5.74) is 1.54. The Morgan fingerprint density at radius 3 is 2.35 bits per heavy atom. The van der Waals surface area contributed by atoms with E-state index in [0.29, 0.717) is 11.8 Å². The Labute approximate surface area is 124 Å². The molecule has 20 heavy (non-hydrogen) atoms. The predicted octanol–water partition coefficient (Wildman–Crippen LogP) is 4.15. The number of benzene rings is 1. The van der Waals surface area contributed by atoms with Crippen LogP contribution in [0, 0.1) is 17.3 Å². The van der Waals surface area contributed by atoms with E-state index >= 15 is 0 Å². The number of ether oxygens (including phenoxy) is 1. The minimum atomic E-state index is 0.240. The van der Waals surface area contributed by atoms with Crippen LogP contribution in [0.5, 0.6) is 5.75 Å². The topological polar surface area (TPSA) is 21.3 Å². The minimum absolute atomic E-state index is 0.240. The molecule has 0 fully saturated rings. The van der Waals surface area contributed by atoms with E-state index in [0.717, 1.165) is 25.3 Å². The van der Waals surface area contributed by atoms with Crippen molar-refractivity contribution in [2.24, 2.45) is 17.3 Å². The number of methoxy groups -OCH3 is 1. The van der Waals surface area contributed by atoms with Gasteiger partial charge in [0.2, 0.25) is 0 Å². The van der Waals surface area contributed by atoms with Gasteiger partial charge in [-0.1, -0.05) is 52.8 Å². The molecule has 1 unspecified atom stereocenters. The Kier molecular flexibility index (Phi) is 6.54. The number of para-hydroxylation sites is 1. The minimum Gasteiger partial charge on any atom is -0.496 e. The molecule has 2 heteroatoms. The van der Waals surface area contributed by atoms with Crippen LogP contribution < -0.4 is 10.1 Å². The quantitative estimate of drug-likeness (QED) is 0.771. The fraction of sp³-hybridized carbons (Fsp3) is 0.667. The highest BCUT2D eigenvalue weighted by Gasteiger charge is 2.29. The third-order valence-corrected chi connectivity index (χ3v) is 4.26. The Morgan fingerprint density at radius 1 is 1.15 bits per heavy atom. The van der Waals surface area contributed by atoms with Gasteiger partial charge in [-0.15, -0.1) is 0 Å². The molecule has 0 aliphatic heterocycles. The molecule has 1 atom stereocenters. The summed E-state index contributed by atoms with van der Waals surface area (Å²) in [6, 6.07) is 8.37. The molecule has 1 N–H and O–H groups in total. The molecule has 0 spiro atoms. The van der Waals surface area contributed by atoms with E-state index in [4.69, 9.17) is 4.74 Å². The van der Waals surface area contributed by atoms with Gasteiger partial charge in [0.25, 0.3) is 0 Å². The molecule has 1 aromatic rings. The summed E-state index contributed by atoms with van der Waals surface area (Å²) in [4.78, 5) is 0. The largest absolute Gasteiger partial charge is 0.496 e. The second-order valence-corrected chi connectivity index (χ2v) is 6.82. The van der Waals surface area contributed by atoms with E-state index in [9.17, 15) is 0 Å². The number of rotatable bonds is 8. The monoisotopic (exact) mass is 277 g/mol. The molecule has 2 nitrogen and oxygen atoms in total. The molecule has 0 saturated carbocycles. The van der Waals surface area contributed by atoms with Crippen molar-refractivity contribution >= 4 is 0 Å². The standard InChI is InChI=1S/C18H31NO/c1-14(2)12-19-13-18(5,15(3)4)11-16-9-7-8-10-17(16)20-6/h7-10,14-15,19H,11-13H2,1-6H3. The lowest BCUT2D eigenvalue weighted by Gasteiger charge is -2.35. The van der Waals surface area contributed by atoms with Crippen molar-refractivity contribution in [3.63, 3.8) is 0 Å². The van der Waals surface area contributed by atoms with Gasteiger partial charge in [-0.25, -0.2) is 0 Å². The summed E-state index contributed by atoms with van der Waals surface area (Å²) in [5.74, 6) is 2.31. The lowest BCUT2D eigenvalue weighted by molar-refractivity contribution is 0.203. The van der Waals surface area contributed by atoms with Crippen LogP contribution in [0.3, 0.4) is 0 Å². The first-order chi connectivity index (χ1) is 9.39. The Balaban J connectivity index is 2.80. The average molecular weight is 277 g/mol. The van der Waals surface area contributed by atoms with Gasteiger partial charge in [0.05, 0.1) is 7.11 Å². The SMILES string of the molecule is COc1ccccc1CC(C)(CNCC(C)C)C(C)C. The summed E-state index contributed by atoms with van der Waals surface area (Å²) in [6.07, 6.45) is 1.04. The van der Waals surface area contributed by atoms with Crippen LogP contribution in [0.2, 0.25) is 0 Å². The Bertz CT molecular complexity index is 400. The smallest absolute Gasteiger partial charge is 0.122 e. The van der Waals surface area contributed by atoms with Crippen LogP contribution in [0.25, 0.3) is 0 Å². The molecule has 0 aliphatic carbocycles. The van der Waals surface area contributed by atoms with Gasteiger partial charge in [-0.05, 0) is 41.8 Å². The zero-order valence-corrected chi connectivity index (χ0v) is 14.0. The lowest BCUT2D eigenvalue weighted by atomic mass is 9.74. The molecule has 0 saturated heterocycles. The highest BCUT2D eigenvalue weighted by atomic mass is 16.5. The zero-order chi connectivity index (χ0) is 15.2. The number of hydrogen-bond donors (Lipinski definition) is 1. The first kappa shape index (κ1) is 17.0. The first-order valence-electron chi connectivity index (χ1n) is 7.71. The van der Waals surface area contributed by atoms with E-state index in [2.05, 4.69) is 58.1 Å². The van der Waals surface area contributed by atoms with E-state index < -0.39 is 0 Å². The summed E-state index contributed by atoms with van der Waals surface area (Å²) in [5, 5.41) is 3.62. The molecule has 114 valence electrons. The van der Waals surface area contributed by atoms with Crippen LogP contribution in [-0.2, 0) is 6.42 Å². The number of hydrogen-bond acceptors (Lipinski definition) is 2. The van der Waals surface area contributed by atoms with Gasteiger partial charge in [-0.3, -0.25) is 0 Å². The Hall–Kier alpha value is -1.02. The van der Waals surface area contributed by atoms with Gasteiger partial charge < -0.3 is 10.1 Å². The highest BCUT2D eigenvalue weighted by molar-refractivity contribution is 5.34. The van der Waals surface area contributed by atoms with Crippen LogP contribution in [0.1, 0.15) is 40.2 Å². The van der Waals surface area contributed by atoms with Gasteiger partial charge in [-0.2, -0.15) is 0 Å². The van der Waals surface area contributed by atoms with Crippen molar-refractivity contribution in [2.75, 3.05) is 20.2 Å². The molecule has 0 bridgehead atoms.